The molecule has 5 unspecified atom stereocenters. The second-order valence-electron chi connectivity index (χ2n) is 14.6. The number of hydrogen-bond acceptors (Lipinski definition) is 7. The molecule has 1 aromatic rings. The van der Waals surface area contributed by atoms with E-state index in [1.54, 1.807) is 7.05 Å². The van der Waals surface area contributed by atoms with E-state index in [0.717, 1.165) is 42.5 Å². The Morgan fingerprint density at radius 3 is 2.38 bits per heavy atom. The average molecular weight is 658 g/mol. The topological polar surface area (TPSA) is 85.9 Å². The standard InChI is InChI=1S/C33H54F3N5O3S/c1-20(2)13-27-19-44-30-17-29(31-21(3)9-7-10-22(31)4)37-32(38-30)39-45(42,43)28-12-8-11-24(14-28)18-41(27)26-15-25(16-26)40(6)23(5)33(34,35)36/h7,9-10,20,23-30,32,37-39H,8,11-19H2,1-6H3/t23-,24?,25?,26?,27-,28?,29?,30?,32?/m1/s1. The zero-order valence-electron chi connectivity index (χ0n) is 27.7. The van der Waals surface area contributed by atoms with Gasteiger partial charge in [0.2, 0.25) is 10.0 Å². The Balaban J connectivity index is 1.43. The molecule has 0 amide bonds. The maximum atomic E-state index is 13.8. The van der Waals surface area contributed by atoms with Gasteiger partial charge in [-0.1, -0.05) is 38.5 Å². The van der Waals surface area contributed by atoms with Gasteiger partial charge in [-0.3, -0.25) is 20.4 Å². The number of halogens is 3. The summed E-state index contributed by atoms with van der Waals surface area (Å²) in [6, 6.07) is 4.70. The third kappa shape index (κ3) is 8.24. The summed E-state index contributed by atoms with van der Waals surface area (Å²) in [6.45, 7) is 11.0. The predicted molar refractivity (Wildman–Crippen MR) is 171 cm³/mol. The average Bonchev–Trinajstić information content (AvgIpc) is 2.92. The van der Waals surface area contributed by atoms with E-state index in [4.69, 9.17) is 4.74 Å². The number of nitrogens with zero attached hydrogens (tertiary/aromatic N) is 2. The Kier molecular flexibility index (Phi) is 10.9. The highest BCUT2D eigenvalue weighted by molar-refractivity contribution is 7.90. The molecule has 45 heavy (non-hydrogen) atoms. The lowest BCUT2D eigenvalue weighted by atomic mass is 9.80. The molecule has 0 spiro atoms. The number of fused-ring (bicyclic) bond motifs is 4. The Morgan fingerprint density at radius 1 is 1.04 bits per heavy atom. The molecule has 8 nitrogen and oxygen atoms in total. The number of nitrogens with one attached hydrogen (secondary N) is 3. The number of sulfonamides is 1. The fourth-order valence-corrected chi connectivity index (χ4v) is 9.83. The maximum Gasteiger partial charge on any atom is 0.403 e. The van der Waals surface area contributed by atoms with Gasteiger partial charge in [-0.2, -0.15) is 17.9 Å². The van der Waals surface area contributed by atoms with Crippen LogP contribution in [0.1, 0.15) is 94.9 Å². The second-order valence-corrected chi connectivity index (χ2v) is 16.6. The van der Waals surface area contributed by atoms with E-state index in [1.165, 1.54) is 11.8 Å². The van der Waals surface area contributed by atoms with E-state index in [2.05, 4.69) is 60.1 Å². The van der Waals surface area contributed by atoms with Crippen molar-refractivity contribution in [2.75, 3.05) is 20.2 Å². The van der Waals surface area contributed by atoms with Crippen molar-refractivity contribution < 1.29 is 26.3 Å². The van der Waals surface area contributed by atoms with Crippen LogP contribution in [0.3, 0.4) is 0 Å². The summed E-state index contributed by atoms with van der Waals surface area (Å²) in [6.07, 6.45) is 0.568. The number of aryl methyl sites for hydroxylation is 2. The van der Waals surface area contributed by atoms with Crippen LogP contribution in [-0.2, 0) is 14.8 Å². The van der Waals surface area contributed by atoms with Gasteiger partial charge in [0, 0.05) is 37.1 Å². The number of rotatable bonds is 6. The summed E-state index contributed by atoms with van der Waals surface area (Å²) in [5, 5.41) is 6.44. The summed E-state index contributed by atoms with van der Waals surface area (Å²) in [7, 11) is -2.05. The molecule has 12 heteroatoms. The smallest absolute Gasteiger partial charge is 0.362 e. The zero-order valence-corrected chi connectivity index (χ0v) is 28.6. The molecule has 0 radical (unpaired) electrons. The molecule has 4 bridgehead atoms. The van der Waals surface area contributed by atoms with E-state index in [9.17, 15) is 21.6 Å². The molecular weight excluding hydrogens is 603 g/mol. The lowest BCUT2D eigenvalue weighted by Gasteiger charge is -2.51. The molecule has 2 heterocycles. The maximum absolute atomic E-state index is 13.8. The van der Waals surface area contributed by atoms with Crippen molar-refractivity contribution in [3.05, 3.63) is 34.9 Å². The molecule has 2 saturated heterocycles. The van der Waals surface area contributed by atoms with Gasteiger partial charge in [-0.25, -0.2) is 8.42 Å². The van der Waals surface area contributed by atoms with Crippen LogP contribution in [0.4, 0.5) is 13.2 Å². The molecule has 1 aromatic carbocycles. The Morgan fingerprint density at radius 2 is 1.73 bits per heavy atom. The molecule has 0 aromatic heterocycles. The third-order valence-corrected chi connectivity index (χ3v) is 12.8. The molecule has 5 rings (SSSR count). The first kappa shape index (κ1) is 35.0. The molecule has 2 aliphatic carbocycles. The van der Waals surface area contributed by atoms with E-state index in [-0.39, 0.29) is 36.3 Å². The molecular formula is C33H54F3N5O3S. The first-order valence-corrected chi connectivity index (χ1v) is 18.4. The van der Waals surface area contributed by atoms with Crippen LogP contribution >= 0.6 is 0 Å². The van der Waals surface area contributed by atoms with Gasteiger partial charge in [0.15, 0.2) is 0 Å². The minimum atomic E-state index is -4.26. The first-order chi connectivity index (χ1) is 21.1. The van der Waals surface area contributed by atoms with Gasteiger partial charge in [-0.05, 0) is 94.9 Å². The van der Waals surface area contributed by atoms with Crippen LogP contribution in [-0.4, -0.2) is 86.5 Å². The monoisotopic (exact) mass is 657 g/mol. The van der Waals surface area contributed by atoms with Gasteiger partial charge in [-0.15, -0.1) is 0 Å². The Hall–Kier alpha value is -1.28. The minimum Gasteiger partial charge on any atom is -0.362 e. The third-order valence-electron chi connectivity index (χ3n) is 10.9. The Labute approximate surface area is 268 Å². The number of alkyl halides is 3. The summed E-state index contributed by atoms with van der Waals surface area (Å²) < 4.78 is 77.8. The van der Waals surface area contributed by atoms with E-state index < -0.39 is 33.8 Å². The summed E-state index contributed by atoms with van der Waals surface area (Å²) in [5.41, 5.74) is 3.46. The van der Waals surface area contributed by atoms with Crippen LogP contribution < -0.4 is 15.4 Å². The van der Waals surface area contributed by atoms with Gasteiger partial charge < -0.3 is 4.74 Å². The van der Waals surface area contributed by atoms with Crippen molar-refractivity contribution in [1.29, 1.82) is 0 Å². The summed E-state index contributed by atoms with van der Waals surface area (Å²) in [5.74, 6) is 0.599. The Bertz CT molecular complexity index is 1240. The molecule has 4 fully saturated rings. The second kappa shape index (κ2) is 14.1. The molecule has 2 aliphatic heterocycles. The van der Waals surface area contributed by atoms with Gasteiger partial charge >= 0.3 is 6.18 Å². The molecule has 2 saturated carbocycles. The van der Waals surface area contributed by atoms with Gasteiger partial charge in [0.25, 0.3) is 0 Å². The predicted octanol–water partition coefficient (Wildman–Crippen LogP) is 5.18. The van der Waals surface area contributed by atoms with Gasteiger partial charge in [0.05, 0.1) is 11.9 Å². The van der Waals surface area contributed by atoms with Crippen LogP contribution in [0.15, 0.2) is 18.2 Å². The van der Waals surface area contributed by atoms with Crippen molar-refractivity contribution in [3.63, 3.8) is 0 Å². The van der Waals surface area contributed by atoms with E-state index in [0.29, 0.717) is 44.6 Å². The SMILES string of the molecule is Cc1cccc(C)c1C1CC2NC(N1)NS(=O)(=O)C1CCCC(C1)CN(C1CC(N(C)[C@H](C)C(F)(F)F)C1)[C@H](CC(C)C)CO2. The van der Waals surface area contributed by atoms with Crippen LogP contribution in [0.5, 0.6) is 0 Å². The molecule has 3 N–H and O–H groups in total. The van der Waals surface area contributed by atoms with Crippen molar-refractivity contribution in [2.45, 2.75) is 140 Å². The van der Waals surface area contributed by atoms with Gasteiger partial charge in [0.1, 0.15) is 18.6 Å². The summed E-state index contributed by atoms with van der Waals surface area (Å²) in [4.78, 5) is 3.97. The first-order valence-electron chi connectivity index (χ1n) is 16.9. The van der Waals surface area contributed by atoms with Crippen LogP contribution in [0.25, 0.3) is 0 Å². The molecule has 256 valence electrons. The van der Waals surface area contributed by atoms with Crippen LogP contribution in [0.2, 0.25) is 0 Å². The highest BCUT2D eigenvalue weighted by Crippen LogP contribution is 2.39. The quantitative estimate of drug-likeness (QED) is 0.389. The van der Waals surface area contributed by atoms with Crippen molar-refractivity contribution in [3.8, 4) is 0 Å². The number of ether oxygens (including phenoxy) is 1. The minimum absolute atomic E-state index is 0.0841. The largest absolute Gasteiger partial charge is 0.403 e. The lowest BCUT2D eigenvalue weighted by Crippen LogP contribution is -2.64. The normalized spacial score (nSPS) is 35.6. The fourth-order valence-electron chi connectivity index (χ4n) is 8.17. The fraction of sp³-hybridized carbons (Fsp3) is 0.818. The van der Waals surface area contributed by atoms with Crippen molar-refractivity contribution >= 4 is 10.0 Å². The highest BCUT2D eigenvalue weighted by atomic mass is 32.2. The van der Waals surface area contributed by atoms with Crippen molar-refractivity contribution in [1.82, 2.24) is 25.2 Å². The highest BCUT2D eigenvalue weighted by Gasteiger charge is 2.47. The van der Waals surface area contributed by atoms with Crippen LogP contribution in [0, 0.1) is 25.7 Å². The number of benzene rings is 1. The molecule has 7 atom stereocenters. The number of hydrogen-bond donors (Lipinski definition) is 3. The lowest BCUT2D eigenvalue weighted by molar-refractivity contribution is -0.187. The van der Waals surface area contributed by atoms with E-state index >= 15 is 0 Å². The summed E-state index contributed by atoms with van der Waals surface area (Å²) >= 11 is 0. The van der Waals surface area contributed by atoms with E-state index in [1.807, 2.05) is 6.07 Å². The zero-order chi connectivity index (χ0) is 32.7. The molecule has 4 aliphatic rings. The van der Waals surface area contributed by atoms with Crippen molar-refractivity contribution in [2.24, 2.45) is 11.8 Å².